The van der Waals surface area contributed by atoms with Gasteiger partial charge in [-0.3, -0.25) is 14.4 Å². The second kappa shape index (κ2) is 12.9. The zero-order valence-electron chi connectivity index (χ0n) is 20.2. The number of benzene rings is 3. The molecule has 0 radical (unpaired) electrons. The van der Waals surface area contributed by atoms with Gasteiger partial charge >= 0.3 is 0 Å². The average Bonchev–Trinajstić information content (AvgIpc) is 2.88. The highest BCUT2D eigenvalue weighted by atomic mass is 16.2. The first-order valence-electron chi connectivity index (χ1n) is 11.9. The molecule has 0 heterocycles. The third kappa shape index (κ3) is 7.99. The van der Waals surface area contributed by atoms with E-state index in [9.17, 15) is 14.4 Å². The Kier molecular flexibility index (Phi) is 9.42. The highest BCUT2D eigenvalue weighted by molar-refractivity contribution is 5.96. The molecule has 0 aliphatic carbocycles. The summed E-state index contributed by atoms with van der Waals surface area (Å²) in [7, 11) is 0. The van der Waals surface area contributed by atoms with Crippen LogP contribution in [-0.2, 0) is 16.0 Å². The Morgan fingerprint density at radius 1 is 0.714 bits per heavy atom. The molecule has 3 amide bonds. The summed E-state index contributed by atoms with van der Waals surface area (Å²) in [6.07, 6.45) is 1.04. The van der Waals surface area contributed by atoms with Crippen molar-refractivity contribution in [2.24, 2.45) is 0 Å². The molecule has 3 aromatic carbocycles. The number of carbonyl (C=O) groups excluding carboxylic acids is 3. The maximum atomic E-state index is 12.4. The van der Waals surface area contributed by atoms with Gasteiger partial charge in [0.15, 0.2) is 0 Å². The topological polar surface area (TPSA) is 90.5 Å². The maximum absolute atomic E-state index is 12.4. The average molecular weight is 473 g/mol. The van der Waals surface area contributed by atoms with Gasteiger partial charge in [-0.25, -0.2) is 0 Å². The molecule has 0 spiro atoms. The van der Waals surface area contributed by atoms with E-state index >= 15 is 0 Å². The first-order chi connectivity index (χ1) is 17.0. The van der Waals surface area contributed by atoms with Crippen LogP contribution in [0, 0.1) is 0 Å². The molecule has 182 valence electrons. The van der Waals surface area contributed by atoms with Crippen molar-refractivity contribution >= 4 is 34.8 Å². The van der Waals surface area contributed by atoms with Gasteiger partial charge in [0.2, 0.25) is 11.8 Å². The third-order valence-electron chi connectivity index (χ3n) is 5.55. The lowest BCUT2D eigenvalue weighted by atomic mass is 10.1. The van der Waals surface area contributed by atoms with Crippen LogP contribution in [0.4, 0.5) is 17.1 Å². The lowest BCUT2D eigenvalue weighted by molar-refractivity contribution is -0.116. The molecule has 0 atom stereocenters. The van der Waals surface area contributed by atoms with Crippen LogP contribution < -0.4 is 16.0 Å². The molecule has 7 heteroatoms. The SMILES string of the molecule is CCN(CC)C(=O)c1ccc(NCC(=O)Nc2cccc(NC(=O)CCc3ccccc3)c2)cc1. The normalized spacial score (nSPS) is 10.3. The van der Waals surface area contributed by atoms with Crippen molar-refractivity contribution in [3.05, 3.63) is 90.0 Å². The molecule has 0 unspecified atom stereocenters. The van der Waals surface area contributed by atoms with Gasteiger partial charge in [0.05, 0.1) is 6.54 Å². The van der Waals surface area contributed by atoms with Crippen LogP contribution in [0.2, 0.25) is 0 Å². The van der Waals surface area contributed by atoms with E-state index in [1.165, 1.54) is 0 Å². The predicted molar refractivity (Wildman–Crippen MR) is 141 cm³/mol. The number of rotatable bonds is 11. The summed E-state index contributed by atoms with van der Waals surface area (Å²) in [6, 6.07) is 24.0. The second-order valence-corrected chi connectivity index (χ2v) is 8.07. The fourth-order valence-corrected chi connectivity index (χ4v) is 3.61. The van der Waals surface area contributed by atoms with Crippen LogP contribution in [0.1, 0.15) is 36.2 Å². The molecular weight excluding hydrogens is 440 g/mol. The van der Waals surface area contributed by atoms with Gasteiger partial charge in [0.1, 0.15) is 0 Å². The summed E-state index contributed by atoms with van der Waals surface area (Å²) in [5.74, 6) is -0.311. The number of hydrogen-bond donors (Lipinski definition) is 3. The Morgan fingerprint density at radius 3 is 1.97 bits per heavy atom. The van der Waals surface area contributed by atoms with Crippen molar-refractivity contribution in [1.82, 2.24) is 4.90 Å². The van der Waals surface area contributed by atoms with Crippen molar-refractivity contribution in [1.29, 1.82) is 0 Å². The Labute approximate surface area is 206 Å². The smallest absolute Gasteiger partial charge is 0.253 e. The summed E-state index contributed by atoms with van der Waals surface area (Å²) in [6.45, 7) is 5.29. The first-order valence-corrected chi connectivity index (χ1v) is 11.9. The first kappa shape index (κ1) is 25.5. The lowest BCUT2D eigenvalue weighted by Gasteiger charge is -2.18. The van der Waals surface area contributed by atoms with Crippen molar-refractivity contribution < 1.29 is 14.4 Å². The van der Waals surface area contributed by atoms with Crippen LogP contribution in [0.3, 0.4) is 0 Å². The fraction of sp³-hybridized carbons (Fsp3) is 0.250. The van der Waals surface area contributed by atoms with Crippen LogP contribution in [0.15, 0.2) is 78.9 Å². The minimum absolute atomic E-state index is 0.00803. The number of nitrogens with zero attached hydrogens (tertiary/aromatic N) is 1. The Hall–Kier alpha value is -4.13. The molecule has 0 bridgehead atoms. The van der Waals surface area contributed by atoms with Gasteiger partial charge in [-0.1, -0.05) is 36.4 Å². The van der Waals surface area contributed by atoms with E-state index in [1.807, 2.05) is 44.2 Å². The minimum Gasteiger partial charge on any atom is -0.376 e. The molecule has 0 fully saturated rings. The predicted octanol–water partition coefficient (Wildman–Crippen LogP) is 4.79. The molecule has 35 heavy (non-hydrogen) atoms. The van der Waals surface area contributed by atoms with Crippen LogP contribution in [0.5, 0.6) is 0 Å². The second-order valence-electron chi connectivity index (χ2n) is 8.07. The lowest BCUT2D eigenvalue weighted by Crippen LogP contribution is -2.30. The van der Waals surface area contributed by atoms with Crippen LogP contribution in [-0.4, -0.2) is 42.3 Å². The van der Waals surface area contributed by atoms with E-state index in [4.69, 9.17) is 0 Å². The van der Waals surface area contributed by atoms with Gasteiger partial charge in [0, 0.05) is 42.1 Å². The summed E-state index contributed by atoms with van der Waals surface area (Å²) in [5, 5.41) is 8.77. The molecule has 3 aromatic rings. The van der Waals surface area contributed by atoms with E-state index in [1.54, 1.807) is 53.4 Å². The van der Waals surface area contributed by atoms with E-state index in [2.05, 4.69) is 16.0 Å². The van der Waals surface area contributed by atoms with Gasteiger partial charge in [-0.15, -0.1) is 0 Å². The molecule has 0 aromatic heterocycles. The summed E-state index contributed by atoms with van der Waals surface area (Å²) < 4.78 is 0. The minimum atomic E-state index is -0.221. The Balaban J connectivity index is 1.46. The molecule has 0 aliphatic rings. The fourth-order valence-electron chi connectivity index (χ4n) is 3.61. The van der Waals surface area contributed by atoms with Crippen molar-refractivity contribution in [2.45, 2.75) is 26.7 Å². The number of amides is 3. The molecular formula is C28H32N4O3. The zero-order chi connectivity index (χ0) is 25.0. The number of anilines is 3. The summed E-state index contributed by atoms with van der Waals surface area (Å²) in [4.78, 5) is 38.8. The number of aryl methyl sites for hydroxylation is 1. The summed E-state index contributed by atoms with van der Waals surface area (Å²) in [5.41, 5.74) is 3.70. The third-order valence-corrected chi connectivity index (χ3v) is 5.55. The van der Waals surface area contributed by atoms with Gasteiger partial charge < -0.3 is 20.9 Å². The number of nitrogens with one attached hydrogen (secondary N) is 3. The van der Waals surface area contributed by atoms with E-state index in [0.717, 1.165) is 11.3 Å². The molecule has 0 aliphatic heterocycles. The van der Waals surface area contributed by atoms with Crippen LogP contribution >= 0.6 is 0 Å². The van der Waals surface area contributed by atoms with E-state index in [0.29, 0.717) is 42.9 Å². The number of carbonyl (C=O) groups is 3. The van der Waals surface area contributed by atoms with Crippen molar-refractivity contribution in [3.63, 3.8) is 0 Å². The van der Waals surface area contributed by atoms with Crippen molar-refractivity contribution in [2.75, 3.05) is 35.6 Å². The van der Waals surface area contributed by atoms with Gasteiger partial charge in [-0.05, 0) is 68.3 Å². The van der Waals surface area contributed by atoms with E-state index in [-0.39, 0.29) is 24.3 Å². The molecule has 0 saturated heterocycles. The number of hydrogen-bond acceptors (Lipinski definition) is 4. The maximum Gasteiger partial charge on any atom is 0.253 e. The molecule has 7 nitrogen and oxygen atoms in total. The molecule has 3 N–H and O–H groups in total. The Morgan fingerprint density at radius 2 is 1.34 bits per heavy atom. The monoisotopic (exact) mass is 472 g/mol. The zero-order valence-corrected chi connectivity index (χ0v) is 20.2. The van der Waals surface area contributed by atoms with Gasteiger partial charge in [0.25, 0.3) is 5.91 Å². The largest absolute Gasteiger partial charge is 0.376 e. The van der Waals surface area contributed by atoms with Gasteiger partial charge in [-0.2, -0.15) is 0 Å². The Bertz CT molecular complexity index is 1130. The summed E-state index contributed by atoms with van der Waals surface area (Å²) >= 11 is 0. The van der Waals surface area contributed by atoms with E-state index < -0.39 is 0 Å². The van der Waals surface area contributed by atoms with Crippen LogP contribution in [0.25, 0.3) is 0 Å². The molecule has 0 saturated carbocycles. The quantitative estimate of drug-likeness (QED) is 0.374. The van der Waals surface area contributed by atoms with Crippen molar-refractivity contribution in [3.8, 4) is 0 Å². The highest BCUT2D eigenvalue weighted by Crippen LogP contribution is 2.16. The molecule has 3 rings (SSSR count). The highest BCUT2D eigenvalue weighted by Gasteiger charge is 2.12. The standard InChI is InChI=1S/C28H32N4O3/c1-3-32(4-2)28(35)22-14-16-23(17-15-22)29-20-27(34)31-25-12-8-11-24(19-25)30-26(33)18-13-21-9-6-5-7-10-21/h5-12,14-17,19,29H,3-4,13,18,20H2,1-2H3,(H,30,33)(H,31,34).